The Balaban J connectivity index is 1.60. The van der Waals surface area contributed by atoms with Gasteiger partial charge >= 0.3 is 0 Å². The summed E-state index contributed by atoms with van der Waals surface area (Å²) in [6, 6.07) is -1.47. The number of methoxy groups -OCH3 is 1. The maximum Gasteiger partial charge on any atom is 0.217 e. The van der Waals surface area contributed by atoms with Crippen LogP contribution in [0.15, 0.2) is 0 Å². The molecule has 0 aromatic heterocycles. The van der Waals surface area contributed by atoms with E-state index in [1.165, 1.54) is 14.0 Å². The number of hydrogen-bond acceptors (Lipinski definition) is 20. The molecule has 0 bridgehead atoms. The number of rotatable bonds is 19. The lowest BCUT2D eigenvalue weighted by Crippen LogP contribution is -2.69. The van der Waals surface area contributed by atoms with Crippen LogP contribution in [-0.4, -0.2) is 213 Å². The number of carbonyl (C=O) groups is 1. The predicted molar refractivity (Wildman–Crippen MR) is 186 cm³/mol. The topological polar surface area (TPSA) is 314 Å². The molecule has 328 valence electrons. The molecule has 4 saturated heterocycles. The summed E-state index contributed by atoms with van der Waals surface area (Å²) in [4.78, 5) is 12.1. The van der Waals surface area contributed by atoms with Gasteiger partial charge in [-0.15, -0.1) is 0 Å². The molecule has 0 saturated carbocycles. The van der Waals surface area contributed by atoms with Gasteiger partial charge in [-0.3, -0.25) is 4.79 Å². The second-order valence-electron chi connectivity index (χ2n) is 14.7. The fourth-order valence-corrected chi connectivity index (χ4v) is 7.24. The number of nitrogens with one attached hydrogen (secondary N) is 1. The number of carbonyl (C=O) groups excluding carboxylic acids is 1. The van der Waals surface area contributed by atoms with Crippen molar-refractivity contribution in [3.63, 3.8) is 0 Å². The Morgan fingerprint density at radius 3 is 1.79 bits per heavy atom. The second kappa shape index (κ2) is 22.4. The normalized spacial score (nSPS) is 44.8. The Morgan fingerprint density at radius 1 is 0.589 bits per heavy atom. The lowest BCUT2D eigenvalue weighted by atomic mass is 9.95. The van der Waals surface area contributed by atoms with E-state index in [9.17, 15) is 55.9 Å². The van der Waals surface area contributed by atoms with Crippen LogP contribution in [-0.2, 0) is 47.4 Å². The summed E-state index contributed by atoms with van der Waals surface area (Å²) in [5.41, 5.74) is 0. The van der Waals surface area contributed by atoms with E-state index in [2.05, 4.69) is 12.2 Å². The van der Waals surface area contributed by atoms with Crippen LogP contribution in [0.3, 0.4) is 0 Å². The first kappa shape index (κ1) is 47.4. The minimum absolute atomic E-state index is 0.171. The van der Waals surface area contributed by atoms with E-state index in [1.807, 2.05) is 0 Å². The molecule has 0 aliphatic carbocycles. The van der Waals surface area contributed by atoms with Gasteiger partial charge in [-0.2, -0.15) is 0 Å². The highest BCUT2D eigenvalue weighted by Crippen LogP contribution is 2.35. The van der Waals surface area contributed by atoms with Crippen LogP contribution in [0.25, 0.3) is 0 Å². The predicted octanol–water partition coefficient (Wildman–Crippen LogP) is -4.54. The van der Waals surface area contributed by atoms with Crippen LogP contribution in [0, 0.1) is 0 Å². The minimum Gasteiger partial charge on any atom is -0.394 e. The molecule has 4 fully saturated rings. The third kappa shape index (κ3) is 11.5. The monoisotopic (exact) mass is 817 g/mol. The molecule has 4 heterocycles. The zero-order valence-corrected chi connectivity index (χ0v) is 32.2. The van der Waals surface area contributed by atoms with Crippen molar-refractivity contribution in [2.45, 2.75) is 182 Å². The van der Waals surface area contributed by atoms with Gasteiger partial charge in [0.25, 0.3) is 0 Å². The Bertz CT molecular complexity index is 1160. The molecule has 0 aromatic rings. The Kier molecular flexibility index (Phi) is 18.9. The van der Waals surface area contributed by atoms with Crippen molar-refractivity contribution in [3.05, 3.63) is 0 Å². The molecule has 4 aliphatic heterocycles. The third-order valence-electron chi connectivity index (χ3n) is 10.6. The van der Waals surface area contributed by atoms with Gasteiger partial charge in [-0.05, 0) is 13.3 Å². The van der Waals surface area contributed by atoms with Gasteiger partial charge in [0.2, 0.25) is 5.91 Å². The smallest absolute Gasteiger partial charge is 0.217 e. The van der Waals surface area contributed by atoms with E-state index in [4.69, 9.17) is 42.6 Å². The van der Waals surface area contributed by atoms with Gasteiger partial charge in [0.15, 0.2) is 25.2 Å². The molecule has 11 N–H and O–H groups in total. The highest BCUT2D eigenvalue weighted by atomic mass is 16.8. The Hall–Kier alpha value is -1.29. The summed E-state index contributed by atoms with van der Waals surface area (Å²) in [6.45, 7) is 2.91. The molecule has 56 heavy (non-hydrogen) atoms. The lowest BCUT2D eigenvalue weighted by molar-refractivity contribution is -0.386. The Labute approximate surface area is 325 Å². The van der Waals surface area contributed by atoms with Gasteiger partial charge in [0.05, 0.1) is 25.9 Å². The number of amides is 1. The second-order valence-corrected chi connectivity index (χ2v) is 14.7. The average molecular weight is 818 g/mol. The summed E-state index contributed by atoms with van der Waals surface area (Å²) in [7, 11) is 1.27. The number of aliphatic hydroxyl groups is 10. The maximum absolute atomic E-state index is 12.1. The summed E-state index contributed by atoms with van der Waals surface area (Å²) in [5.74, 6) is -0.658. The fourth-order valence-electron chi connectivity index (χ4n) is 7.24. The standard InChI is InChI=1S/C35H63NO20/c1-5-6-7-8-9-10-11-49-34-28(47)30(29(48-4)19(54-34)14-50-33-27(46)25(44)21(40)15(2)51-33)55-35-31(26(45)23(42)18(13-38)53-35)56-32-20(36-16(3)39)24(43)22(41)17(12-37)52-32/h15,17-35,37-38,40-47H,5-14H2,1-4H3,(H,36,39)/t15-,17-,18-,19-,20-,21-,22-,23-,24-,25+,26+,27+,28+,29-,30-,31+,32+,33+,34-,35-/m1/s1. The van der Waals surface area contributed by atoms with Crippen molar-refractivity contribution in [3.8, 4) is 0 Å². The van der Waals surface area contributed by atoms with Crippen molar-refractivity contribution < 1.29 is 98.5 Å². The van der Waals surface area contributed by atoms with Gasteiger partial charge in [-0.1, -0.05) is 39.0 Å². The number of ether oxygens (including phenoxy) is 9. The van der Waals surface area contributed by atoms with Crippen LogP contribution in [0.1, 0.15) is 59.3 Å². The zero-order chi connectivity index (χ0) is 41.3. The fraction of sp³-hybridized carbons (Fsp3) is 0.971. The van der Waals surface area contributed by atoms with Crippen LogP contribution in [0.5, 0.6) is 0 Å². The van der Waals surface area contributed by atoms with Crippen molar-refractivity contribution in [1.29, 1.82) is 0 Å². The van der Waals surface area contributed by atoms with Crippen molar-refractivity contribution in [2.75, 3.05) is 33.5 Å². The molecule has 20 atom stereocenters. The third-order valence-corrected chi connectivity index (χ3v) is 10.6. The van der Waals surface area contributed by atoms with E-state index >= 15 is 0 Å². The molecular formula is C35H63NO20. The molecule has 0 spiro atoms. The molecule has 4 aliphatic rings. The molecule has 21 heteroatoms. The average Bonchev–Trinajstić information content (AvgIpc) is 3.17. The summed E-state index contributed by atoms with van der Waals surface area (Å²) in [5, 5.41) is 108. The van der Waals surface area contributed by atoms with E-state index in [0.717, 1.165) is 39.0 Å². The van der Waals surface area contributed by atoms with E-state index in [0.29, 0.717) is 6.42 Å². The van der Waals surface area contributed by atoms with Crippen molar-refractivity contribution in [2.24, 2.45) is 0 Å². The summed E-state index contributed by atoms with van der Waals surface area (Å²) >= 11 is 0. The molecule has 0 unspecified atom stereocenters. The van der Waals surface area contributed by atoms with Crippen LogP contribution in [0.2, 0.25) is 0 Å². The molecule has 4 rings (SSSR count). The first-order chi connectivity index (χ1) is 26.7. The maximum atomic E-state index is 12.1. The molecular weight excluding hydrogens is 754 g/mol. The highest BCUT2D eigenvalue weighted by molar-refractivity contribution is 5.73. The SMILES string of the molecule is CCCCCCCCO[C@@H]1O[C@H](CO[C@H]2O[C@H](C)[C@@H](O)[C@H](O)[C@@H]2O)[C@@H](OC)[C@H](O[C@H]2O[C@H](CO)[C@@H](O)[C@H](O)[C@@H]2O[C@@H]2O[C@H](CO)[C@@H](O)[C@H](O)[C@H]2NC(C)=O)[C@@H]1O. The van der Waals surface area contributed by atoms with Gasteiger partial charge in [0.1, 0.15) is 91.5 Å². The summed E-state index contributed by atoms with van der Waals surface area (Å²) in [6.07, 6.45) is -23.2. The first-order valence-corrected chi connectivity index (χ1v) is 19.3. The Morgan fingerprint density at radius 2 is 1.16 bits per heavy atom. The molecule has 0 aromatic carbocycles. The molecule has 1 amide bonds. The van der Waals surface area contributed by atoms with E-state index < -0.39 is 148 Å². The number of aliphatic hydroxyl groups excluding tert-OH is 10. The van der Waals surface area contributed by atoms with E-state index in [-0.39, 0.29) is 6.61 Å². The lowest BCUT2D eigenvalue weighted by Gasteiger charge is -2.49. The summed E-state index contributed by atoms with van der Waals surface area (Å²) < 4.78 is 53.0. The highest BCUT2D eigenvalue weighted by Gasteiger charge is 2.55. The van der Waals surface area contributed by atoms with Gasteiger partial charge in [0, 0.05) is 20.6 Å². The zero-order valence-electron chi connectivity index (χ0n) is 32.2. The van der Waals surface area contributed by atoms with Crippen LogP contribution < -0.4 is 5.32 Å². The number of unbranched alkanes of at least 4 members (excludes halogenated alkanes) is 5. The minimum atomic E-state index is -1.89. The van der Waals surface area contributed by atoms with Gasteiger partial charge < -0.3 is 99.0 Å². The quantitative estimate of drug-likeness (QED) is 0.0547. The molecule has 21 nitrogen and oxygen atoms in total. The van der Waals surface area contributed by atoms with Crippen LogP contribution in [0.4, 0.5) is 0 Å². The van der Waals surface area contributed by atoms with Gasteiger partial charge in [-0.25, -0.2) is 0 Å². The van der Waals surface area contributed by atoms with Crippen molar-refractivity contribution in [1.82, 2.24) is 5.32 Å². The molecule has 0 radical (unpaired) electrons. The van der Waals surface area contributed by atoms with E-state index in [1.54, 1.807) is 0 Å². The largest absolute Gasteiger partial charge is 0.394 e. The number of hydrogen-bond donors (Lipinski definition) is 11. The first-order valence-electron chi connectivity index (χ1n) is 19.3. The van der Waals surface area contributed by atoms with Crippen LogP contribution >= 0.6 is 0 Å². The van der Waals surface area contributed by atoms with Crippen molar-refractivity contribution >= 4 is 5.91 Å².